The summed E-state index contributed by atoms with van der Waals surface area (Å²) in [4.78, 5) is 20.6. The van der Waals surface area contributed by atoms with Crippen LogP contribution in [0.3, 0.4) is 0 Å². The van der Waals surface area contributed by atoms with Gasteiger partial charge in [-0.15, -0.1) is 11.3 Å². The van der Waals surface area contributed by atoms with Gasteiger partial charge in [0, 0.05) is 42.2 Å². The summed E-state index contributed by atoms with van der Waals surface area (Å²) in [5.41, 5.74) is 3.25. The van der Waals surface area contributed by atoms with Crippen LogP contribution in [0, 0.1) is 5.92 Å². The van der Waals surface area contributed by atoms with Gasteiger partial charge in [-0.3, -0.25) is 9.20 Å². The molecule has 0 N–H and O–H groups in total. The number of benzene rings is 2. The molecule has 0 aliphatic heterocycles. The third kappa shape index (κ3) is 4.71. The van der Waals surface area contributed by atoms with E-state index >= 15 is 0 Å². The van der Waals surface area contributed by atoms with Gasteiger partial charge in [-0.1, -0.05) is 50.2 Å². The summed E-state index contributed by atoms with van der Waals surface area (Å²) in [6.07, 6.45) is 5.07. The maximum Gasteiger partial charge on any atom is 0.223 e. The van der Waals surface area contributed by atoms with E-state index in [9.17, 15) is 4.79 Å². The van der Waals surface area contributed by atoms with E-state index in [4.69, 9.17) is 9.40 Å². The third-order valence-corrected chi connectivity index (χ3v) is 6.72. The van der Waals surface area contributed by atoms with Crippen molar-refractivity contribution in [2.24, 2.45) is 5.92 Å². The van der Waals surface area contributed by atoms with E-state index in [0.29, 0.717) is 25.4 Å². The Morgan fingerprint density at radius 1 is 1.12 bits per heavy atom. The largest absolute Gasteiger partial charge is 0.467 e. The van der Waals surface area contributed by atoms with Crippen molar-refractivity contribution in [2.45, 2.75) is 33.2 Å². The van der Waals surface area contributed by atoms with Crippen LogP contribution in [0.1, 0.15) is 31.7 Å². The first-order valence-electron chi connectivity index (χ1n) is 11.3. The molecular formula is C27H27N3O2S. The predicted octanol–water partition coefficient (Wildman–Crippen LogP) is 6.43. The molecule has 0 aliphatic rings. The zero-order valence-electron chi connectivity index (χ0n) is 18.9. The fourth-order valence-electron chi connectivity index (χ4n) is 4.11. The highest BCUT2D eigenvalue weighted by molar-refractivity contribution is 7.15. The van der Waals surface area contributed by atoms with Crippen molar-refractivity contribution < 1.29 is 9.21 Å². The molecule has 6 heteroatoms. The predicted molar refractivity (Wildman–Crippen MR) is 133 cm³/mol. The van der Waals surface area contributed by atoms with Gasteiger partial charge in [-0.05, 0) is 34.9 Å². The standard InChI is InChI=1S/C27H27N3O2S/c1-19(2)14-26(31)29(16-24-8-5-13-32-24)12-11-23-18-33-27-28-25(17-30(23)27)22-10-9-20-6-3-4-7-21(20)15-22/h3-10,13,15,17-19H,11-12,14,16H2,1-2H3. The van der Waals surface area contributed by atoms with Gasteiger partial charge in [0.1, 0.15) is 5.76 Å². The molecule has 0 radical (unpaired) electrons. The second kappa shape index (κ2) is 9.24. The summed E-state index contributed by atoms with van der Waals surface area (Å²) >= 11 is 1.64. The van der Waals surface area contributed by atoms with E-state index in [0.717, 1.165) is 34.1 Å². The average molecular weight is 458 g/mol. The summed E-state index contributed by atoms with van der Waals surface area (Å²) in [5, 5.41) is 4.58. The van der Waals surface area contributed by atoms with Gasteiger partial charge in [-0.2, -0.15) is 0 Å². The lowest BCUT2D eigenvalue weighted by Gasteiger charge is -2.22. The van der Waals surface area contributed by atoms with Crippen LogP contribution >= 0.6 is 11.3 Å². The molecule has 1 amide bonds. The number of carbonyl (C=O) groups excluding carboxylic acids is 1. The quantitative estimate of drug-likeness (QED) is 0.270. The highest BCUT2D eigenvalue weighted by Gasteiger charge is 2.18. The second-order valence-corrected chi connectivity index (χ2v) is 9.65. The van der Waals surface area contributed by atoms with Crippen molar-refractivity contribution in [1.29, 1.82) is 0 Å². The first-order chi connectivity index (χ1) is 16.1. The molecule has 0 fully saturated rings. The highest BCUT2D eigenvalue weighted by atomic mass is 32.1. The smallest absolute Gasteiger partial charge is 0.223 e. The number of carbonyl (C=O) groups is 1. The summed E-state index contributed by atoms with van der Waals surface area (Å²) in [7, 11) is 0. The molecule has 0 bridgehead atoms. The van der Waals surface area contributed by atoms with E-state index in [1.165, 1.54) is 10.8 Å². The number of aromatic nitrogens is 2. The van der Waals surface area contributed by atoms with Gasteiger partial charge in [0.2, 0.25) is 5.91 Å². The Bertz CT molecular complexity index is 1380. The van der Waals surface area contributed by atoms with Gasteiger partial charge in [0.25, 0.3) is 0 Å². The van der Waals surface area contributed by atoms with Crippen molar-refractivity contribution in [3.63, 3.8) is 0 Å². The van der Waals surface area contributed by atoms with Crippen LogP contribution in [0.2, 0.25) is 0 Å². The molecule has 0 saturated heterocycles. The van der Waals surface area contributed by atoms with Gasteiger partial charge in [0.15, 0.2) is 4.96 Å². The Balaban J connectivity index is 1.36. The van der Waals surface area contributed by atoms with Crippen LogP contribution in [-0.2, 0) is 17.8 Å². The van der Waals surface area contributed by atoms with Gasteiger partial charge in [0.05, 0.1) is 18.5 Å². The van der Waals surface area contributed by atoms with Crippen LogP contribution in [-0.4, -0.2) is 26.7 Å². The number of fused-ring (bicyclic) bond motifs is 2. The van der Waals surface area contributed by atoms with E-state index in [1.807, 2.05) is 17.0 Å². The summed E-state index contributed by atoms with van der Waals surface area (Å²) in [6, 6.07) is 18.6. The fraction of sp³-hybridized carbons (Fsp3) is 0.259. The molecule has 168 valence electrons. The topological polar surface area (TPSA) is 50.8 Å². The SMILES string of the molecule is CC(C)CC(=O)N(CCc1csc2nc(-c3ccc4ccccc4c3)cn12)Cc1ccco1. The summed E-state index contributed by atoms with van der Waals surface area (Å²) in [5.74, 6) is 1.29. The van der Waals surface area contributed by atoms with Gasteiger partial charge < -0.3 is 9.32 Å². The Morgan fingerprint density at radius 2 is 1.97 bits per heavy atom. The number of thiazole rings is 1. The molecular weight excluding hydrogens is 430 g/mol. The van der Waals surface area contributed by atoms with Crippen LogP contribution in [0.15, 0.2) is 76.9 Å². The zero-order valence-corrected chi connectivity index (χ0v) is 19.7. The number of furan rings is 1. The number of amides is 1. The maximum absolute atomic E-state index is 12.9. The van der Waals surface area contributed by atoms with Crippen molar-refractivity contribution in [3.8, 4) is 11.3 Å². The number of nitrogens with zero attached hydrogens (tertiary/aromatic N) is 3. The molecule has 0 spiro atoms. The summed E-state index contributed by atoms with van der Waals surface area (Å²) < 4.78 is 7.66. The van der Waals surface area contributed by atoms with Crippen molar-refractivity contribution in [1.82, 2.24) is 14.3 Å². The number of imidazole rings is 1. The van der Waals surface area contributed by atoms with E-state index < -0.39 is 0 Å². The minimum atomic E-state index is 0.162. The number of hydrogen-bond donors (Lipinski definition) is 0. The lowest BCUT2D eigenvalue weighted by atomic mass is 10.1. The molecule has 0 aliphatic carbocycles. The van der Waals surface area contributed by atoms with E-state index in [1.54, 1.807) is 17.6 Å². The molecule has 3 aromatic heterocycles. The average Bonchev–Trinajstić information content (AvgIpc) is 3.54. The lowest BCUT2D eigenvalue weighted by molar-refractivity contribution is -0.132. The van der Waals surface area contributed by atoms with Crippen LogP contribution < -0.4 is 0 Å². The first-order valence-corrected chi connectivity index (χ1v) is 12.2. The normalized spacial score (nSPS) is 11.6. The third-order valence-electron chi connectivity index (χ3n) is 5.83. The van der Waals surface area contributed by atoms with E-state index in [2.05, 4.69) is 72.3 Å². The van der Waals surface area contributed by atoms with E-state index in [-0.39, 0.29) is 5.91 Å². The Morgan fingerprint density at radius 3 is 2.76 bits per heavy atom. The molecule has 33 heavy (non-hydrogen) atoms. The minimum absolute atomic E-state index is 0.162. The molecule has 0 saturated carbocycles. The van der Waals surface area contributed by atoms with Gasteiger partial charge in [-0.25, -0.2) is 4.98 Å². The minimum Gasteiger partial charge on any atom is -0.467 e. The lowest BCUT2D eigenvalue weighted by Crippen LogP contribution is -2.33. The molecule has 5 rings (SSSR count). The number of rotatable bonds is 8. The molecule has 5 aromatic rings. The van der Waals surface area contributed by atoms with Crippen molar-refractivity contribution in [3.05, 3.63) is 83.9 Å². The van der Waals surface area contributed by atoms with Crippen molar-refractivity contribution >= 4 is 33.0 Å². The first kappa shape index (κ1) is 21.5. The van der Waals surface area contributed by atoms with Crippen LogP contribution in [0.25, 0.3) is 27.0 Å². The molecule has 2 aromatic carbocycles. The Hall–Kier alpha value is -3.38. The second-order valence-electron chi connectivity index (χ2n) is 8.81. The van der Waals surface area contributed by atoms with Gasteiger partial charge >= 0.3 is 0 Å². The molecule has 0 atom stereocenters. The van der Waals surface area contributed by atoms with Crippen LogP contribution in [0.4, 0.5) is 0 Å². The molecule has 5 nitrogen and oxygen atoms in total. The summed E-state index contributed by atoms with van der Waals surface area (Å²) in [6.45, 7) is 5.29. The Labute approximate surface area is 197 Å². The molecule has 3 heterocycles. The maximum atomic E-state index is 12.9. The Kier molecular flexibility index (Phi) is 6.01. The van der Waals surface area contributed by atoms with Crippen LogP contribution in [0.5, 0.6) is 0 Å². The number of hydrogen-bond acceptors (Lipinski definition) is 4. The van der Waals surface area contributed by atoms with Crippen molar-refractivity contribution in [2.75, 3.05) is 6.54 Å². The zero-order chi connectivity index (χ0) is 22.8. The fourth-order valence-corrected chi connectivity index (χ4v) is 5.01. The molecule has 0 unspecified atom stereocenters. The monoisotopic (exact) mass is 457 g/mol. The highest BCUT2D eigenvalue weighted by Crippen LogP contribution is 2.27.